The summed E-state index contributed by atoms with van der Waals surface area (Å²) in [5.74, 6) is -3.49. The van der Waals surface area contributed by atoms with Crippen molar-refractivity contribution in [3.8, 4) is 0 Å². The lowest BCUT2D eigenvalue weighted by Crippen LogP contribution is -2.62. The van der Waals surface area contributed by atoms with Gasteiger partial charge in [-0.1, -0.05) is 80.4 Å². The van der Waals surface area contributed by atoms with Crippen molar-refractivity contribution < 1.29 is 28.8 Å². The van der Waals surface area contributed by atoms with Crippen LogP contribution in [0.4, 0.5) is 10.5 Å². The minimum Gasteiger partial charge on any atom is -0.377 e. The van der Waals surface area contributed by atoms with Crippen LogP contribution in [0.3, 0.4) is 0 Å². The summed E-state index contributed by atoms with van der Waals surface area (Å²) in [6.45, 7) is 15.4. The molecule has 1 aliphatic heterocycles. The van der Waals surface area contributed by atoms with Gasteiger partial charge in [0.15, 0.2) is 5.78 Å². The van der Waals surface area contributed by atoms with Crippen molar-refractivity contribution in [3.63, 3.8) is 0 Å². The van der Waals surface area contributed by atoms with E-state index < -0.39 is 59.1 Å². The molecule has 3 rings (SSSR count). The summed E-state index contributed by atoms with van der Waals surface area (Å²) in [7, 11) is 3.68. The molecule has 2 aliphatic rings. The summed E-state index contributed by atoms with van der Waals surface area (Å²) >= 11 is 0. The second kappa shape index (κ2) is 15.1. The molecule has 48 heavy (non-hydrogen) atoms. The fraction of sp³-hybridized carbons (Fsp3) is 0.667. The molecule has 1 aliphatic carbocycles. The van der Waals surface area contributed by atoms with Crippen LogP contribution in [0.1, 0.15) is 91.4 Å². The number of Topliss-reactive ketones (excluding diaryl/α,β-unsaturated/α-hetero) is 2. The number of carbonyl (C=O) groups excluding carboxylic acids is 6. The molecule has 0 spiro atoms. The van der Waals surface area contributed by atoms with E-state index in [-0.39, 0.29) is 35.5 Å². The van der Waals surface area contributed by atoms with Crippen LogP contribution in [-0.4, -0.2) is 85.0 Å². The van der Waals surface area contributed by atoms with Gasteiger partial charge in [0.05, 0.1) is 12.1 Å². The molecule has 5 N–H and O–H groups in total. The minimum absolute atomic E-state index is 0.226. The summed E-state index contributed by atoms with van der Waals surface area (Å²) in [5.41, 5.74) is 5.36. The summed E-state index contributed by atoms with van der Waals surface area (Å²) < 4.78 is 0. The molecule has 266 valence electrons. The fourth-order valence-corrected chi connectivity index (χ4v) is 6.52. The smallest absolute Gasteiger partial charge is 0.316 e. The Bertz CT molecular complexity index is 1390. The van der Waals surface area contributed by atoms with Gasteiger partial charge in [0.2, 0.25) is 17.6 Å². The van der Waals surface area contributed by atoms with Crippen molar-refractivity contribution in [2.75, 3.05) is 25.5 Å². The van der Waals surface area contributed by atoms with Crippen molar-refractivity contribution in [1.29, 1.82) is 0 Å². The molecule has 0 radical (unpaired) electrons. The third kappa shape index (κ3) is 9.35. The number of urea groups is 1. The summed E-state index contributed by atoms with van der Waals surface area (Å²) in [6, 6.07) is 2.57. The zero-order valence-electron chi connectivity index (χ0n) is 30.3. The standard InChI is InChI=1S/C36H56N6O6/c1-20(2)26(28(43)22-13-11-12-14-25(22)41(9)10)39-34(48)40-30(36(6,7)8)33(47)42-18-17-23(35(3,4)5)27(42)32(46)38-24(19-21-15-16-21)29(44)31(37)45/h11-14,20-21,23-24,26-27,30H,15-19H2,1-10H3,(H2,37,45)(H,38,46)(H2,39,40,48)/t23-,24?,26-,27-,30+/m0/s1. The highest BCUT2D eigenvalue weighted by atomic mass is 16.2. The average Bonchev–Trinajstić information content (AvgIpc) is 3.68. The molecule has 2 fully saturated rings. The van der Waals surface area contributed by atoms with Crippen molar-refractivity contribution in [1.82, 2.24) is 20.9 Å². The molecule has 0 aromatic heterocycles. The Kier molecular flexibility index (Phi) is 12.1. The first-order valence-corrected chi connectivity index (χ1v) is 17.0. The van der Waals surface area contributed by atoms with E-state index >= 15 is 0 Å². The molecule has 0 bridgehead atoms. The van der Waals surface area contributed by atoms with Crippen molar-refractivity contribution >= 4 is 41.0 Å². The number of nitrogens with one attached hydrogen (secondary N) is 3. The van der Waals surface area contributed by atoms with E-state index in [0.29, 0.717) is 18.4 Å². The lowest BCUT2D eigenvalue weighted by atomic mass is 9.75. The number of rotatable bonds is 13. The van der Waals surface area contributed by atoms with Gasteiger partial charge in [0.1, 0.15) is 12.1 Å². The second-order valence-electron chi connectivity index (χ2n) is 16.1. The molecule has 1 saturated carbocycles. The number of carbonyl (C=O) groups is 6. The Morgan fingerprint density at radius 1 is 0.917 bits per heavy atom. The number of amides is 5. The molecule has 1 saturated heterocycles. The van der Waals surface area contributed by atoms with Gasteiger partial charge in [-0.15, -0.1) is 0 Å². The van der Waals surface area contributed by atoms with Crippen molar-refractivity contribution in [2.45, 2.75) is 105 Å². The third-order valence-corrected chi connectivity index (χ3v) is 9.48. The predicted molar refractivity (Wildman–Crippen MR) is 185 cm³/mol. The lowest BCUT2D eigenvalue weighted by Gasteiger charge is -2.39. The minimum atomic E-state index is -1.11. The van der Waals surface area contributed by atoms with Crippen molar-refractivity contribution in [3.05, 3.63) is 29.8 Å². The number of nitrogens with zero attached hydrogens (tertiary/aromatic N) is 2. The number of hydrogen-bond donors (Lipinski definition) is 4. The summed E-state index contributed by atoms with van der Waals surface area (Å²) in [6.07, 6.45) is 2.66. The maximum absolute atomic E-state index is 14.4. The first-order chi connectivity index (χ1) is 22.1. The van der Waals surface area contributed by atoms with Crippen LogP contribution < -0.4 is 26.6 Å². The Hall–Kier alpha value is -3.96. The lowest BCUT2D eigenvalue weighted by molar-refractivity contribution is -0.145. The van der Waals surface area contributed by atoms with Crippen LogP contribution >= 0.6 is 0 Å². The molecular formula is C36H56N6O6. The molecule has 12 nitrogen and oxygen atoms in total. The van der Waals surface area contributed by atoms with Crippen LogP contribution in [0.5, 0.6) is 0 Å². The zero-order chi connectivity index (χ0) is 36.3. The van der Waals surface area contributed by atoms with Gasteiger partial charge >= 0.3 is 6.03 Å². The van der Waals surface area contributed by atoms with Crippen LogP contribution in [-0.2, 0) is 19.2 Å². The highest BCUT2D eigenvalue weighted by Crippen LogP contribution is 2.40. The zero-order valence-corrected chi connectivity index (χ0v) is 30.3. The van der Waals surface area contributed by atoms with Gasteiger partial charge in [0, 0.05) is 31.9 Å². The number of primary amides is 1. The van der Waals surface area contributed by atoms with E-state index in [1.807, 2.05) is 86.5 Å². The van der Waals surface area contributed by atoms with Crippen LogP contribution in [0.15, 0.2) is 24.3 Å². The average molecular weight is 669 g/mol. The number of likely N-dealkylation sites (tertiary alicyclic amines) is 1. The Labute approximate surface area is 285 Å². The second-order valence-corrected chi connectivity index (χ2v) is 16.1. The predicted octanol–water partition coefficient (Wildman–Crippen LogP) is 3.28. The van der Waals surface area contributed by atoms with Crippen LogP contribution in [0.25, 0.3) is 0 Å². The number of benzene rings is 1. The monoisotopic (exact) mass is 668 g/mol. The number of anilines is 1. The van der Waals surface area contributed by atoms with E-state index in [0.717, 1.165) is 18.5 Å². The molecule has 5 atom stereocenters. The quantitative estimate of drug-likeness (QED) is 0.185. The molecular weight excluding hydrogens is 612 g/mol. The molecule has 1 aromatic rings. The SMILES string of the molecule is CC(C)[C@H](NC(=O)N[C@H](C(=O)N1CC[C@H](C(C)(C)C)[C@H]1C(=O)NC(CC1CC1)C(=O)C(N)=O)C(C)(C)C)C(=O)c1ccccc1N(C)C. The fourth-order valence-electron chi connectivity index (χ4n) is 6.52. The molecule has 1 heterocycles. The van der Waals surface area contributed by atoms with Gasteiger partial charge in [-0.2, -0.15) is 0 Å². The summed E-state index contributed by atoms with van der Waals surface area (Å²) in [5, 5.41) is 8.42. The maximum Gasteiger partial charge on any atom is 0.316 e. The van der Waals surface area contributed by atoms with Gasteiger partial charge in [-0.25, -0.2) is 4.79 Å². The molecule has 5 amide bonds. The molecule has 1 aromatic carbocycles. The van der Waals surface area contributed by atoms with Gasteiger partial charge in [0.25, 0.3) is 5.91 Å². The third-order valence-electron chi connectivity index (χ3n) is 9.48. The number of nitrogens with two attached hydrogens (primary N) is 1. The van der Waals surface area contributed by atoms with Crippen LogP contribution in [0.2, 0.25) is 0 Å². The normalized spacial score (nSPS) is 20.0. The van der Waals surface area contributed by atoms with E-state index in [4.69, 9.17) is 5.73 Å². The van der Waals surface area contributed by atoms with Crippen LogP contribution in [0, 0.1) is 28.6 Å². The van der Waals surface area contributed by atoms with Gasteiger partial charge in [-0.3, -0.25) is 24.0 Å². The number of hydrogen-bond acceptors (Lipinski definition) is 7. The van der Waals surface area contributed by atoms with Gasteiger partial charge in [-0.05, 0) is 53.6 Å². The highest BCUT2D eigenvalue weighted by Gasteiger charge is 2.50. The van der Waals surface area contributed by atoms with Gasteiger partial charge < -0.3 is 31.5 Å². The topological polar surface area (TPSA) is 171 Å². The number of ketones is 2. The first-order valence-electron chi connectivity index (χ1n) is 17.0. The maximum atomic E-state index is 14.4. The Morgan fingerprint density at radius 3 is 2.02 bits per heavy atom. The first kappa shape index (κ1) is 38.5. The largest absolute Gasteiger partial charge is 0.377 e. The summed E-state index contributed by atoms with van der Waals surface area (Å²) in [4.78, 5) is 83.6. The molecule has 12 heteroatoms. The Morgan fingerprint density at radius 2 is 1.52 bits per heavy atom. The number of para-hydroxylation sites is 1. The highest BCUT2D eigenvalue weighted by molar-refractivity contribution is 6.37. The van der Waals surface area contributed by atoms with E-state index in [2.05, 4.69) is 16.0 Å². The molecule has 1 unspecified atom stereocenters. The van der Waals surface area contributed by atoms with E-state index in [1.165, 1.54) is 4.90 Å². The van der Waals surface area contributed by atoms with Crippen molar-refractivity contribution in [2.24, 2.45) is 34.3 Å². The van der Waals surface area contributed by atoms with E-state index in [1.54, 1.807) is 12.1 Å². The van der Waals surface area contributed by atoms with E-state index in [9.17, 15) is 28.8 Å². The Balaban J connectivity index is 1.88.